The van der Waals surface area contributed by atoms with E-state index in [1.807, 2.05) is 24.3 Å². The molecule has 0 spiro atoms. The second-order valence-electron chi connectivity index (χ2n) is 5.10. The molecule has 0 fully saturated rings. The van der Waals surface area contributed by atoms with Crippen LogP contribution in [0.15, 0.2) is 28.7 Å². The summed E-state index contributed by atoms with van der Waals surface area (Å²) in [5, 5.41) is 0. The van der Waals surface area contributed by atoms with E-state index in [1.54, 1.807) is 0 Å². The minimum absolute atomic E-state index is 0.00685. The quantitative estimate of drug-likeness (QED) is 0.803. The normalized spacial score (nSPS) is 12.9. The largest absolute Gasteiger partial charge is 0.369 e. The van der Waals surface area contributed by atoms with Gasteiger partial charge >= 0.3 is 0 Å². The van der Waals surface area contributed by atoms with Crippen molar-refractivity contribution in [1.82, 2.24) is 4.90 Å². The Labute approximate surface area is 123 Å². The first-order valence-corrected chi connectivity index (χ1v) is 7.21. The average molecular weight is 328 g/mol. The number of rotatable bonds is 7. The van der Waals surface area contributed by atoms with E-state index in [9.17, 15) is 4.79 Å². The van der Waals surface area contributed by atoms with Crippen molar-refractivity contribution >= 4 is 21.8 Å². The Kier molecular flexibility index (Phi) is 6.48. The fraction of sp³-hybridized carbons (Fsp3) is 0.500. The van der Waals surface area contributed by atoms with E-state index in [-0.39, 0.29) is 18.5 Å². The molecule has 1 unspecified atom stereocenters. The van der Waals surface area contributed by atoms with Gasteiger partial charge in [-0.2, -0.15) is 0 Å². The lowest BCUT2D eigenvalue weighted by Gasteiger charge is -2.31. The van der Waals surface area contributed by atoms with E-state index in [0.29, 0.717) is 12.5 Å². The van der Waals surface area contributed by atoms with Crippen molar-refractivity contribution in [2.45, 2.75) is 19.9 Å². The molecule has 0 heterocycles. The topological polar surface area (TPSA) is 72.3 Å². The van der Waals surface area contributed by atoms with Crippen LogP contribution in [0.3, 0.4) is 0 Å². The number of nitrogens with zero attached hydrogens (tertiary/aromatic N) is 1. The molecule has 106 valence electrons. The van der Waals surface area contributed by atoms with Gasteiger partial charge in [-0.1, -0.05) is 41.9 Å². The van der Waals surface area contributed by atoms with Crippen LogP contribution in [0.25, 0.3) is 0 Å². The number of carbonyl (C=O) groups is 1. The molecule has 4 N–H and O–H groups in total. The van der Waals surface area contributed by atoms with Gasteiger partial charge in [-0.3, -0.25) is 9.69 Å². The summed E-state index contributed by atoms with van der Waals surface area (Å²) in [4.78, 5) is 13.3. The third-order valence-corrected chi connectivity index (χ3v) is 3.35. The number of carbonyl (C=O) groups excluding carboxylic acids is 1. The van der Waals surface area contributed by atoms with Crippen molar-refractivity contribution in [2.75, 3.05) is 19.6 Å². The summed E-state index contributed by atoms with van der Waals surface area (Å²) in [6.07, 6.45) is 0. The average Bonchev–Trinajstić information content (AvgIpc) is 2.28. The lowest BCUT2D eigenvalue weighted by molar-refractivity contribution is -0.119. The number of hydrogen-bond donors (Lipinski definition) is 2. The van der Waals surface area contributed by atoms with Crippen LogP contribution in [0.1, 0.15) is 25.5 Å². The molecule has 5 heteroatoms. The van der Waals surface area contributed by atoms with E-state index in [2.05, 4.69) is 34.7 Å². The molecule has 0 radical (unpaired) electrons. The van der Waals surface area contributed by atoms with E-state index in [4.69, 9.17) is 11.5 Å². The van der Waals surface area contributed by atoms with Gasteiger partial charge in [0, 0.05) is 23.6 Å². The minimum Gasteiger partial charge on any atom is -0.369 e. The maximum Gasteiger partial charge on any atom is 0.231 e. The van der Waals surface area contributed by atoms with Gasteiger partial charge in [-0.25, -0.2) is 0 Å². The van der Waals surface area contributed by atoms with Gasteiger partial charge in [-0.05, 0) is 23.6 Å². The fourth-order valence-electron chi connectivity index (χ4n) is 2.18. The van der Waals surface area contributed by atoms with Crippen LogP contribution < -0.4 is 11.5 Å². The first kappa shape index (κ1) is 16.1. The van der Waals surface area contributed by atoms with Gasteiger partial charge < -0.3 is 11.5 Å². The van der Waals surface area contributed by atoms with Crippen molar-refractivity contribution in [3.63, 3.8) is 0 Å². The summed E-state index contributed by atoms with van der Waals surface area (Å²) in [6.45, 7) is 5.70. The van der Waals surface area contributed by atoms with Crippen LogP contribution in [-0.2, 0) is 4.79 Å². The van der Waals surface area contributed by atoms with E-state index >= 15 is 0 Å². The standard InChI is InChI=1S/C14H22BrN3O/c1-10(2)8-18(9-14(17)19)13(7-16)11-4-3-5-12(15)6-11/h3-6,10,13H,7-9,16H2,1-2H3,(H2,17,19). The van der Waals surface area contributed by atoms with E-state index in [1.165, 1.54) is 0 Å². The Morgan fingerprint density at radius 2 is 2.11 bits per heavy atom. The third-order valence-electron chi connectivity index (χ3n) is 2.86. The van der Waals surface area contributed by atoms with E-state index in [0.717, 1.165) is 16.6 Å². The summed E-state index contributed by atoms with van der Waals surface area (Å²) in [5.74, 6) is 0.120. The molecular formula is C14H22BrN3O. The van der Waals surface area contributed by atoms with Crippen molar-refractivity contribution in [2.24, 2.45) is 17.4 Å². The Hall–Kier alpha value is -0.910. The molecule has 1 amide bonds. The monoisotopic (exact) mass is 327 g/mol. The molecule has 0 bridgehead atoms. The Bertz CT molecular complexity index is 423. The second-order valence-corrected chi connectivity index (χ2v) is 6.01. The maximum atomic E-state index is 11.2. The van der Waals surface area contributed by atoms with Crippen LogP contribution in [0.4, 0.5) is 0 Å². The third kappa shape index (κ3) is 5.30. The molecule has 0 saturated carbocycles. The van der Waals surface area contributed by atoms with Crippen LogP contribution >= 0.6 is 15.9 Å². The Balaban J connectivity index is 2.97. The van der Waals surface area contributed by atoms with Crippen LogP contribution in [0, 0.1) is 5.92 Å². The van der Waals surface area contributed by atoms with Crippen LogP contribution in [-0.4, -0.2) is 30.4 Å². The minimum atomic E-state index is -0.325. The molecule has 4 nitrogen and oxygen atoms in total. The number of primary amides is 1. The molecule has 0 saturated heterocycles. The SMILES string of the molecule is CC(C)CN(CC(N)=O)C(CN)c1cccc(Br)c1. The van der Waals surface area contributed by atoms with Crippen LogP contribution in [0.2, 0.25) is 0 Å². The van der Waals surface area contributed by atoms with Crippen LogP contribution in [0.5, 0.6) is 0 Å². The molecule has 19 heavy (non-hydrogen) atoms. The zero-order valence-corrected chi connectivity index (χ0v) is 13.1. The highest BCUT2D eigenvalue weighted by atomic mass is 79.9. The highest BCUT2D eigenvalue weighted by Crippen LogP contribution is 2.23. The first-order valence-electron chi connectivity index (χ1n) is 6.42. The number of nitrogens with two attached hydrogens (primary N) is 2. The molecule has 0 aromatic heterocycles. The summed E-state index contributed by atoms with van der Waals surface area (Å²) >= 11 is 3.46. The van der Waals surface area contributed by atoms with Crippen molar-refractivity contribution in [3.05, 3.63) is 34.3 Å². The van der Waals surface area contributed by atoms with E-state index < -0.39 is 0 Å². The summed E-state index contributed by atoms with van der Waals surface area (Å²) < 4.78 is 1.01. The van der Waals surface area contributed by atoms with Crippen molar-refractivity contribution in [3.8, 4) is 0 Å². The van der Waals surface area contributed by atoms with Gasteiger partial charge in [0.05, 0.1) is 6.54 Å². The maximum absolute atomic E-state index is 11.2. The molecule has 0 aliphatic heterocycles. The molecule has 1 aromatic rings. The van der Waals surface area contributed by atoms with Gasteiger partial charge in [0.15, 0.2) is 0 Å². The molecule has 1 rings (SSSR count). The molecule has 0 aliphatic rings. The molecular weight excluding hydrogens is 306 g/mol. The highest BCUT2D eigenvalue weighted by molar-refractivity contribution is 9.10. The molecule has 1 aromatic carbocycles. The van der Waals surface area contributed by atoms with Gasteiger partial charge in [0.1, 0.15) is 0 Å². The van der Waals surface area contributed by atoms with Gasteiger partial charge in [0.2, 0.25) is 5.91 Å². The number of halogens is 1. The van der Waals surface area contributed by atoms with Crippen molar-refractivity contribution < 1.29 is 4.79 Å². The predicted molar refractivity (Wildman–Crippen MR) is 81.5 cm³/mol. The molecule has 0 aliphatic carbocycles. The van der Waals surface area contributed by atoms with Crippen molar-refractivity contribution in [1.29, 1.82) is 0 Å². The van der Waals surface area contributed by atoms with Gasteiger partial charge in [0.25, 0.3) is 0 Å². The Morgan fingerprint density at radius 1 is 1.42 bits per heavy atom. The Morgan fingerprint density at radius 3 is 2.58 bits per heavy atom. The fourth-order valence-corrected chi connectivity index (χ4v) is 2.60. The smallest absolute Gasteiger partial charge is 0.231 e. The second kappa shape index (κ2) is 7.62. The number of hydrogen-bond acceptors (Lipinski definition) is 3. The predicted octanol–water partition coefficient (Wildman–Crippen LogP) is 1.89. The first-order chi connectivity index (χ1) is 8.93. The zero-order chi connectivity index (χ0) is 14.4. The lowest BCUT2D eigenvalue weighted by Crippen LogP contribution is -2.41. The summed E-state index contributed by atoms with van der Waals surface area (Å²) in [6, 6.07) is 8.01. The lowest BCUT2D eigenvalue weighted by atomic mass is 10.0. The number of benzene rings is 1. The zero-order valence-electron chi connectivity index (χ0n) is 11.5. The summed E-state index contributed by atoms with van der Waals surface area (Å²) in [7, 11) is 0. The highest BCUT2D eigenvalue weighted by Gasteiger charge is 2.21. The molecule has 1 atom stereocenters. The van der Waals surface area contributed by atoms with Gasteiger partial charge in [-0.15, -0.1) is 0 Å². The number of amides is 1. The summed E-state index contributed by atoms with van der Waals surface area (Å²) in [5.41, 5.74) is 12.3.